The summed E-state index contributed by atoms with van der Waals surface area (Å²) < 4.78 is 0. The SMILES string of the molecule is CN(C)CCNC(=O)Cc1nc(-c2ccncc2)n[nH]1. The summed E-state index contributed by atoms with van der Waals surface area (Å²) in [7, 11) is 3.92. The van der Waals surface area contributed by atoms with Crippen LogP contribution >= 0.6 is 0 Å². The van der Waals surface area contributed by atoms with Gasteiger partial charge in [-0.3, -0.25) is 14.9 Å². The Bertz CT molecular complexity index is 551. The van der Waals surface area contributed by atoms with Gasteiger partial charge in [0.1, 0.15) is 5.82 Å². The van der Waals surface area contributed by atoms with Gasteiger partial charge in [-0.15, -0.1) is 0 Å². The Kier molecular flexibility index (Phi) is 4.78. The lowest BCUT2D eigenvalue weighted by atomic mass is 10.2. The molecule has 0 aliphatic carbocycles. The normalized spacial score (nSPS) is 10.8. The molecular weight excluding hydrogens is 256 g/mol. The first kappa shape index (κ1) is 14.1. The van der Waals surface area contributed by atoms with E-state index in [9.17, 15) is 4.79 Å². The standard InChI is InChI=1S/C13H18N6O/c1-19(2)8-7-15-12(20)9-11-16-13(18-17-11)10-3-5-14-6-4-10/h3-6H,7-9H2,1-2H3,(H,15,20)(H,16,17,18). The monoisotopic (exact) mass is 274 g/mol. The molecule has 2 aromatic heterocycles. The van der Waals surface area contributed by atoms with Crippen LogP contribution in [0.5, 0.6) is 0 Å². The smallest absolute Gasteiger partial charge is 0.227 e. The van der Waals surface area contributed by atoms with Crippen molar-refractivity contribution < 1.29 is 4.79 Å². The summed E-state index contributed by atoms with van der Waals surface area (Å²) in [5, 5.41) is 9.71. The van der Waals surface area contributed by atoms with Crippen LogP contribution in [0.1, 0.15) is 5.82 Å². The maximum absolute atomic E-state index is 11.7. The molecule has 0 aromatic carbocycles. The molecule has 20 heavy (non-hydrogen) atoms. The van der Waals surface area contributed by atoms with Crippen LogP contribution in [0, 0.1) is 0 Å². The molecule has 2 aromatic rings. The third-order valence-electron chi connectivity index (χ3n) is 2.68. The minimum Gasteiger partial charge on any atom is -0.354 e. The number of carbonyl (C=O) groups excluding carboxylic acids is 1. The van der Waals surface area contributed by atoms with Crippen molar-refractivity contribution in [3.63, 3.8) is 0 Å². The summed E-state index contributed by atoms with van der Waals surface area (Å²) in [6.07, 6.45) is 3.56. The van der Waals surface area contributed by atoms with E-state index in [2.05, 4.69) is 25.5 Å². The lowest BCUT2D eigenvalue weighted by Gasteiger charge is -2.09. The summed E-state index contributed by atoms with van der Waals surface area (Å²) in [5.41, 5.74) is 0.871. The Balaban J connectivity index is 1.88. The average molecular weight is 274 g/mol. The molecule has 2 heterocycles. The first-order chi connectivity index (χ1) is 9.65. The highest BCUT2D eigenvalue weighted by Gasteiger charge is 2.09. The second kappa shape index (κ2) is 6.76. The van der Waals surface area contributed by atoms with E-state index in [0.29, 0.717) is 18.2 Å². The second-order valence-electron chi connectivity index (χ2n) is 4.67. The molecule has 7 heteroatoms. The summed E-state index contributed by atoms with van der Waals surface area (Å²) in [4.78, 5) is 22.0. The van der Waals surface area contributed by atoms with Crippen molar-refractivity contribution in [1.82, 2.24) is 30.4 Å². The summed E-state index contributed by atoms with van der Waals surface area (Å²) in [5.74, 6) is 1.06. The molecule has 2 rings (SSSR count). The molecule has 106 valence electrons. The summed E-state index contributed by atoms with van der Waals surface area (Å²) >= 11 is 0. The number of amides is 1. The highest BCUT2D eigenvalue weighted by Crippen LogP contribution is 2.12. The molecule has 0 saturated heterocycles. The van der Waals surface area contributed by atoms with Gasteiger partial charge in [-0.25, -0.2) is 4.98 Å². The third kappa shape index (κ3) is 4.13. The molecule has 0 radical (unpaired) electrons. The maximum atomic E-state index is 11.7. The molecule has 1 amide bonds. The minimum absolute atomic E-state index is 0.0655. The van der Waals surface area contributed by atoms with Gasteiger partial charge >= 0.3 is 0 Å². The van der Waals surface area contributed by atoms with Gasteiger partial charge in [-0.05, 0) is 26.2 Å². The van der Waals surface area contributed by atoms with Gasteiger partial charge < -0.3 is 10.2 Å². The van der Waals surface area contributed by atoms with E-state index in [0.717, 1.165) is 12.1 Å². The van der Waals surface area contributed by atoms with Gasteiger partial charge in [0.05, 0.1) is 6.42 Å². The molecule has 2 N–H and O–H groups in total. The van der Waals surface area contributed by atoms with E-state index < -0.39 is 0 Å². The van der Waals surface area contributed by atoms with Crippen molar-refractivity contribution in [2.45, 2.75) is 6.42 Å². The predicted molar refractivity (Wildman–Crippen MR) is 74.9 cm³/mol. The van der Waals surface area contributed by atoms with Crippen molar-refractivity contribution in [3.8, 4) is 11.4 Å². The number of nitrogens with one attached hydrogen (secondary N) is 2. The van der Waals surface area contributed by atoms with Gasteiger partial charge in [-0.2, -0.15) is 5.10 Å². The molecular formula is C13H18N6O. The van der Waals surface area contributed by atoms with Crippen molar-refractivity contribution in [1.29, 1.82) is 0 Å². The van der Waals surface area contributed by atoms with Gasteiger partial charge in [0.15, 0.2) is 5.82 Å². The number of H-pyrrole nitrogens is 1. The Labute approximate surface area is 117 Å². The topological polar surface area (TPSA) is 86.8 Å². The number of carbonyl (C=O) groups is 1. The van der Waals surface area contributed by atoms with Crippen molar-refractivity contribution in [2.75, 3.05) is 27.2 Å². The molecule has 0 fully saturated rings. The number of nitrogens with zero attached hydrogens (tertiary/aromatic N) is 4. The fraction of sp³-hybridized carbons (Fsp3) is 0.385. The molecule has 0 saturated carbocycles. The van der Waals surface area contributed by atoms with Gasteiger partial charge in [-0.1, -0.05) is 0 Å². The van der Waals surface area contributed by atoms with E-state index in [-0.39, 0.29) is 12.3 Å². The number of rotatable bonds is 6. The Morgan fingerprint density at radius 1 is 1.35 bits per heavy atom. The average Bonchev–Trinajstić information content (AvgIpc) is 2.88. The minimum atomic E-state index is -0.0655. The number of hydrogen-bond donors (Lipinski definition) is 2. The third-order valence-corrected chi connectivity index (χ3v) is 2.68. The molecule has 7 nitrogen and oxygen atoms in total. The fourth-order valence-electron chi connectivity index (χ4n) is 1.64. The van der Waals surface area contributed by atoms with E-state index >= 15 is 0 Å². The highest BCUT2D eigenvalue weighted by molar-refractivity contribution is 5.77. The van der Waals surface area contributed by atoms with Crippen LogP contribution in [0.3, 0.4) is 0 Å². The Morgan fingerprint density at radius 3 is 2.80 bits per heavy atom. The number of aromatic amines is 1. The molecule has 0 spiro atoms. The largest absolute Gasteiger partial charge is 0.354 e. The molecule has 0 bridgehead atoms. The first-order valence-corrected chi connectivity index (χ1v) is 6.38. The van der Waals surface area contributed by atoms with Crippen molar-refractivity contribution >= 4 is 5.91 Å². The summed E-state index contributed by atoms with van der Waals surface area (Å²) in [6.45, 7) is 1.43. The van der Waals surface area contributed by atoms with Crippen LogP contribution in [0.15, 0.2) is 24.5 Å². The molecule has 0 aliphatic rings. The predicted octanol–water partition coefficient (Wildman–Crippen LogP) is 0.0870. The number of pyridine rings is 1. The number of hydrogen-bond acceptors (Lipinski definition) is 5. The Morgan fingerprint density at radius 2 is 2.10 bits per heavy atom. The summed E-state index contributed by atoms with van der Waals surface area (Å²) in [6, 6.07) is 3.65. The van der Waals surface area contributed by atoms with Crippen LogP contribution < -0.4 is 5.32 Å². The van der Waals surface area contributed by atoms with Crippen LogP contribution in [0.4, 0.5) is 0 Å². The lowest BCUT2D eigenvalue weighted by Crippen LogP contribution is -2.32. The maximum Gasteiger partial charge on any atom is 0.227 e. The Hall–Kier alpha value is -2.28. The van der Waals surface area contributed by atoms with E-state index in [1.807, 2.05) is 31.1 Å². The van der Waals surface area contributed by atoms with E-state index in [4.69, 9.17) is 0 Å². The number of aromatic nitrogens is 4. The van der Waals surface area contributed by atoms with Gasteiger partial charge in [0, 0.05) is 31.0 Å². The second-order valence-corrected chi connectivity index (χ2v) is 4.67. The lowest BCUT2D eigenvalue weighted by molar-refractivity contribution is -0.120. The van der Waals surface area contributed by atoms with E-state index in [1.54, 1.807) is 12.4 Å². The fourth-order valence-corrected chi connectivity index (χ4v) is 1.64. The van der Waals surface area contributed by atoms with Crippen molar-refractivity contribution in [3.05, 3.63) is 30.4 Å². The van der Waals surface area contributed by atoms with Crippen molar-refractivity contribution in [2.24, 2.45) is 0 Å². The quantitative estimate of drug-likeness (QED) is 0.779. The number of likely N-dealkylation sites (N-methyl/N-ethyl adjacent to an activating group) is 1. The molecule has 0 atom stereocenters. The zero-order valence-corrected chi connectivity index (χ0v) is 11.6. The zero-order chi connectivity index (χ0) is 14.4. The molecule has 0 unspecified atom stereocenters. The zero-order valence-electron chi connectivity index (χ0n) is 11.6. The van der Waals surface area contributed by atoms with Crippen LogP contribution in [0.25, 0.3) is 11.4 Å². The highest BCUT2D eigenvalue weighted by atomic mass is 16.1. The van der Waals surface area contributed by atoms with Crippen LogP contribution in [-0.2, 0) is 11.2 Å². The first-order valence-electron chi connectivity index (χ1n) is 6.38. The van der Waals surface area contributed by atoms with Crippen LogP contribution in [-0.4, -0.2) is 58.2 Å². The van der Waals surface area contributed by atoms with E-state index in [1.165, 1.54) is 0 Å². The van der Waals surface area contributed by atoms with Gasteiger partial charge in [0.25, 0.3) is 0 Å². The van der Waals surface area contributed by atoms with Gasteiger partial charge in [0.2, 0.25) is 5.91 Å². The van der Waals surface area contributed by atoms with Crippen LogP contribution in [0.2, 0.25) is 0 Å². The molecule has 0 aliphatic heterocycles.